The van der Waals surface area contributed by atoms with Gasteiger partial charge < -0.3 is 29.4 Å². The number of aromatic nitrogens is 2. The Morgan fingerprint density at radius 1 is 0.689 bits per heavy atom. The summed E-state index contributed by atoms with van der Waals surface area (Å²) in [5.74, 6) is -0.684. The molecule has 5 heterocycles. The Labute approximate surface area is 428 Å². The van der Waals surface area contributed by atoms with Gasteiger partial charge in [0.2, 0.25) is 5.91 Å². The van der Waals surface area contributed by atoms with Crippen LogP contribution < -0.4 is 20.9 Å². The molecule has 0 unspecified atom stereocenters. The number of rotatable bonds is 13. The van der Waals surface area contributed by atoms with E-state index in [1.807, 2.05) is 107 Å². The molecule has 0 aliphatic carbocycles. The first-order valence-electron chi connectivity index (χ1n) is 24.4. The van der Waals surface area contributed by atoms with Crippen LogP contribution in [0, 0.1) is 15.6 Å². The van der Waals surface area contributed by atoms with Crippen LogP contribution in [-0.2, 0) is 17.9 Å². The molecule has 2 amide bonds. The van der Waals surface area contributed by atoms with Gasteiger partial charge in [-0.3, -0.25) is 28.5 Å². The van der Waals surface area contributed by atoms with Crippen LogP contribution in [0.4, 0.5) is 22.7 Å². The molecule has 0 atom stereocenters. The van der Waals surface area contributed by atoms with Crippen molar-refractivity contribution in [3.63, 3.8) is 0 Å². The maximum absolute atomic E-state index is 14.3. The largest absolute Gasteiger partial charge is 0.594 e. The predicted octanol–water partition coefficient (Wildman–Crippen LogP) is 9.69. The van der Waals surface area contributed by atoms with Gasteiger partial charge in [0.15, 0.2) is 11.5 Å². The Morgan fingerprint density at radius 3 is 1.92 bits per heavy atom. The second-order valence-corrected chi connectivity index (χ2v) is 19.3. The van der Waals surface area contributed by atoms with Crippen LogP contribution in [0.3, 0.4) is 0 Å². The number of anilines is 2. The molecule has 74 heavy (non-hydrogen) atoms. The van der Waals surface area contributed by atoms with E-state index in [0.29, 0.717) is 107 Å². The lowest BCUT2D eigenvalue weighted by Gasteiger charge is -2.37. The van der Waals surface area contributed by atoms with E-state index in [4.69, 9.17) is 5.53 Å². The van der Waals surface area contributed by atoms with Crippen LogP contribution in [0.5, 0.6) is 0 Å². The smallest absolute Gasteiger partial charge is 0.332 e. The molecule has 17 heteroatoms. The number of para-hydroxylation sites is 2. The lowest BCUT2D eigenvalue weighted by Crippen LogP contribution is -2.49. The number of fused-ring (bicyclic) bond motifs is 3. The van der Waals surface area contributed by atoms with Crippen LogP contribution >= 0.6 is 11.3 Å². The van der Waals surface area contributed by atoms with Gasteiger partial charge in [0.25, 0.3) is 11.5 Å². The van der Waals surface area contributed by atoms with E-state index >= 15 is 0 Å². The summed E-state index contributed by atoms with van der Waals surface area (Å²) in [4.78, 5) is 90.0. The summed E-state index contributed by atoms with van der Waals surface area (Å²) in [6, 6.07) is 38.9. The minimum atomic E-state index is -0.784. The molecule has 0 spiro atoms. The molecule has 5 aromatic carbocycles. The fourth-order valence-corrected chi connectivity index (χ4v) is 11.0. The van der Waals surface area contributed by atoms with Crippen molar-refractivity contribution in [2.24, 2.45) is 5.18 Å². The van der Waals surface area contributed by atoms with E-state index in [0.717, 1.165) is 16.3 Å². The van der Waals surface area contributed by atoms with Gasteiger partial charge in [0.05, 0.1) is 34.7 Å². The van der Waals surface area contributed by atoms with Gasteiger partial charge >= 0.3 is 11.2 Å². The monoisotopic (exact) mass is 1010 g/mol. The molecular formula is C57H51N9O7S. The Hall–Kier alpha value is -8.83. The summed E-state index contributed by atoms with van der Waals surface area (Å²) in [5, 5.41) is 21.5. The lowest BCUT2D eigenvalue weighted by atomic mass is 9.97. The Morgan fingerprint density at radius 2 is 1.28 bits per heavy atom. The normalized spacial score (nSPS) is 14.5. The van der Waals surface area contributed by atoms with Crippen molar-refractivity contribution < 1.29 is 19.2 Å². The van der Waals surface area contributed by atoms with Gasteiger partial charge in [-0.1, -0.05) is 115 Å². The van der Waals surface area contributed by atoms with Gasteiger partial charge in [-0.15, -0.1) is 16.2 Å². The second-order valence-electron chi connectivity index (χ2n) is 18.4. The summed E-state index contributed by atoms with van der Waals surface area (Å²) >= 11 is 1.36. The summed E-state index contributed by atoms with van der Waals surface area (Å²) in [5.41, 5.74) is 11.1. The summed E-state index contributed by atoms with van der Waals surface area (Å²) < 4.78 is 2.83. The number of amides is 2. The van der Waals surface area contributed by atoms with Crippen LogP contribution in [-0.4, -0.2) is 93.8 Å². The number of benzene rings is 5. The molecule has 16 nitrogen and oxygen atoms in total. The molecule has 3 aromatic heterocycles. The third-order valence-corrected chi connectivity index (χ3v) is 14.9. The zero-order valence-electron chi connectivity index (χ0n) is 40.8. The number of ketones is 1. The Bertz CT molecular complexity index is 3730. The highest BCUT2D eigenvalue weighted by molar-refractivity contribution is 7.12. The van der Waals surface area contributed by atoms with Crippen molar-refractivity contribution >= 4 is 89.8 Å². The zero-order chi connectivity index (χ0) is 51.6. The van der Waals surface area contributed by atoms with Crippen molar-refractivity contribution in [3.05, 3.63) is 203 Å². The van der Waals surface area contributed by atoms with E-state index in [-0.39, 0.29) is 34.6 Å². The molecule has 372 valence electrons. The molecule has 2 fully saturated rings. The highest BCUT2D eigenvalue weighted by Crippen LogP contribution is 2.37. The van der Waals surface area contributed by atoms with Gasteiger partial charge in [0, 0.05) is 74.3 Å². The molecule has 2 aliphatic heterocycles. The molecular weight excluding hydrogens is 955 g/mol. The first-order chi connectivity index (χ1) is 35.9. The van der Waals surface area contributed by atoms with Crippen molar-refractivity contribution in [2.45, 2.75) is 26.9 Å². The lowest BCUT2D eigenvalue weighted by molar-refractivity contribution is -0.466. The number of thiophene rings is 1. The maximum Gasteiger partial charge on any atom is 0.332 e. The highest BCUT2D eigenvalue weighted by atomic mass is 32.1. The van der Waals surface area contributed by atoms with Crippen LogP contribution in [0.25, 0.3) is 38.2 Å². The number of nitrogens with one attached hydrogen (secondary N) is 1. The van der Waals surface area contributed by atoms with Crippen LogP contribution in [0.2, 0.25) is 0 Å². The second kappa shape index (κ2) is 20.7. The Kier molecular flexibility index (Phi) is 13.7. The topological polar surface area (TPSA) is 188 Å². The highest BCUT2D eigenvalue weighted by Gasteiger charge is 2.33. The zero-order valence-corrected chi connectivity index (χ0v) is 41.6. The SMILES string of the molecule is C/C=C\C(=C(/C)C(=O)N1CCN(c2c(N=O)c(=O)n(Cc3ccc4ccccc4c3)c3ccccc23)CC1)c1ccc(C(=O)Cn2c(=O)c([N+](=N)[O-])c(N3CCN(C(=O)c4cccs4)CC3)c3ccccc32)cc1. The van der Waals surface area contributed by atoms with Gasteiger partial charge in [-0.25, -0.2) is 0 Å². The number of piperazine rings is 2. The van der Waals surface area contributed by atoms with Crippen molar-refractivity contribution in [1.29, 1.82) is 5.53 Å². The molecule has 8 aromatic rings. The van der Waals surface area contributed by atoms with Crippen LogP contribution in [0.1, 0.15) is 45.0 Å². The molecule has 2 saturated heterocycles. The number of hydrogen-bond acceptors (Lipinski definition) is 12. The van der Waals surface area contributed by atoms with Gasteiger partial charge in [0.1, 0.15) is 5.69 Å². The molecule has 0 bridgehead atoms. The Balaban J connectivity index is 0.855. The predicted molar refractivity (Wildman–Crippen MR) is 290 cm³/mol. The van der Waals surface area contributed by atoms with Gasteiger partial charge in [-0.2, -0.15) is 0 Å². The molecule has 0 saturated carbocycles. The standard InChI is InChI=1S/C57H51N9O7S/c1-3-11-43(37(2)54(68)62-29-25-60(26-30-62)51-44-14-6-8-16-46(44)64(56(70)50(51)59-72)35-38-19-20-39-12-4-5-13-42(39)34-38)40-21-23-41(24-22-40)48(67)36-65-47-17-9-7-15-45(47)52(53(57(65)71)66(58)73)61-27-31-63(32-28-61)55(69)49-18-10-33-74-49/h3-24,33-34,58H,25-32,35-36H2,1-2H3/b11-3-,43-37-,66-58?. The van der Waals surface area contributed by atoms with Crippen molar-refractivity contribution in [1.82, 2.24) is 18.9 Å². The summed E-state index contributed by atoms with van der Waals surface area (Å²) in [6.07, 6.45) is 3.67. The number of carbonyl (C=O) groups excluding carboxylic acids is 3. The summed E-state index contributed by atoms with van der Waals surface area (Å²) in [7, 11) is 0. The fourth-order valence-electron chi connectivity index (χ4n) is 10.3. The van der Waals surface area contributed by atoms with E-state index in [1.54, 1.807) is 75.9 Å². The van der Waals surface area contributed by atoms with E-state index in [2.05, 4.69) is 5.18 Å². The number of hydrogen-bond donors (Lipinski definition) is 1. The molecule has 10 rings (SSSR count). The number of nitroso groups, excluding NO2 is 1. The maximum atomic E-state index is 14.3. The van der Waals surface area contributed by atoms with Crippen LogP contribution in [0.15, 0.2) is 165 Å². The number of Topliss-reactive ketones (excluding diaryl/α,β-unsaturated/α-hetero) is 1. The number of pyridine rings is 2. The van der Waals surface area contributed by atoms with E-state index in [1.165, 1.54) is 15.9 Å². The third-order valence-electron chi connectivity index (χ3n) is 14.1. The first kappa shape index (κ1) is 48.8. The van der Waals surface area contributed by atoms with E-state index < -0.39 is 29.1 Å². The molecule has 1 N–H and O–H groups in total. The average Bonchev–Trinajstić information content (AvgIpc) is 3.99. The summed E-state index contributed by atoms with van der Waals surface area (Å²) in [6.45, 7) is 6.13. The van der Waals surface area contributed by atoms with Crippen molar-refractivity contribution in [2.75, 3.05) is 62.2 Å². The quantitative estimate of drug-likeness (QED) is 0.0223. The minimum Gasteiger partial charge on any atom is -0.594 e. The fraction of sp³-hybridized carbons (Fsp3) is 0.211. The molecule has 2 aliphatic rings. The number of carbonyl (C=O) groups is 3. The first-order valence-corrected chi connectivity index (χ1v) is 25.2. The minimum absolute atomic E-state index is 0.0859. The third kappa shape index (κ3) is 9.17. The van der Waals surface area contributed by atoms with Crippen molar-refractivity contribution in [3.8, 4) is 0 Å². The average molecular weight is 1010 g/mol. The number of nitrogens with zero attached hydrogens (tertiary/aromatic N) is 8. The number of allylic oxidation sites excluding steroid dienone is 3. The van der Waals surface area contributed by atoms with Gasteiger partial charge in [-0.05, 0) is 86.5 Å². The van der Waals surface area contributed by atoms with E-state index in [9.17, 15) is 34.1 Å². The molecule has 0 radical (unpaired) electrons.